The Hall–Kier alpha value is -0.910. The molecule has 4 nitrogen and oxygen atoms in total. The molecule has 0 aromatic carbocycles. The van der Waals surface area contributed by atoms with Crippen LogP contribution >= 0.6 is 11.3 Å². The van der Waals surface area contributed by atoms with E-state index >= 15 is 0 Å². The molecule has 1 aliphatic carbocycles. The number of amides is 1. The van der Waals surface area contributed by atoms with Crippen molar-refractivity contribution < 1.29 is 14.3 Å². The van der Waals surface area contributed by atoms with Crippen LogP contribution in [0.15, 0.2) is 16.8 Å². The van der Waals surface area contributed by atoms with Crippen molar-refractivity contribution in [3.05, 3.63) is 22.4 Å². The minimum absolute atomic E-state index is 0.0265. The Bertz CT molecular complexity index is 456. The Kier molecular flexibility index (Phi) is 4.10. The van der Waals surface area contributed by atoms with Gasteiger partial charge in [0.15, 0.2) is 0 Å². The van der Waals surface area contributed by atoms with Crippen molar-refractivity contribution in [2.45, 2.75) is 25.4 Å². The van der Waals surface area contributed by atoms with E-state index < -0.39 is 0 Å². The van der Waals surface area contributed by atoms with Crippen molar-refractivity contribution >= 4 is 17.2 Å². The summed E-state index contributed by atoms with van der Waals surface area (Å²) in [5, 5.41) is 4.16. The fraction of sp³-hybridized carbons (Fsp3) is 0.667. The van der Waals surface area contributed by atoms with E-state index in [2.05, 4.69) is 16.8 Å². The van der Waals surface area contributed by atoms with Crippen molar-refractivity contribution in [1.29, 1.82) is 0 Å². The van der Waals surface area contributed by atoms with Crippen LogP contribution in [-0.4, -0.2) is 44.2 Å². The number of carbonyl (C=O) groups is 1. The van der Waals surface area contributed by atoms with E-state index in [0.717, 1.165) is 19.3 Å². The highest BCUT2D eigenvalue weighted by atomic mass is 32.1. The largest absolute Gasteiger partial charge is 0.384 e. The number of rotatable bonds is 4. The van der Waals surface area contributed by atoms with Gasteiger partial charge in [0.05, 0.1) is 25.2 Å². The molecule has 0 spiro atoms. The second-order valence-electron chi connectivity index (χ2n) is 5.73. The van der Waals surface area contributed by atoms with E-state index in [1.54, 1.807) is 18.4 Å². The topological polar surface area (TPSA) is 38.8 Å². The summed E-state index contributed by atoms with van der Waals surface area (Å²) in [5.74, 6) is 0.258. The standard InChI is InChI=1S/C15H21NO3S/c1-18-11-15(4-2-5-15)14(17)16-6-7-19-13(9-16)12-3-8-20-10-12/h3,8,10,13H,2,4-7,9,11H2,1H3. The molecule has 2 fully saturated rings. The first kappa shape index (κ1) is 14.0. The summed E-state index contributed by atoms with van der Waals surface area (Å²) in [4.78, 5) is 14.8. The lowest BCUT2D eigenvalue weighted by Gasteiger charge is -2.45. The van der Waals surface area contributed by atoms with Gasteiger partial charge >= 0.3 is 0 Å². The highest BCUT2D eigenvalue weighted by molar-refractivity contribution is 7.07. The van der Waals surface area contributed by atoms with Crippen LogP contribution in [0.4, 0.5) is 0 Å². The second kappa shape index (κ2) is 5.84. The normalized spacial score (nSPS) is 25.2. The van der Waals surface area contributed by atoms with Crippen LogP contribution in [-0.2, 0) is 14.3 Å². The van der Waals surface area contributed by atoms with Crippen molar-refractivity contribution in [1.82, 2.24) is 4.90 Å². The number of hydrogen-bond acceptors (Lipinski definition) is 4. The Morgan fingerprint density at radius 1 is 1.60 bits per heavy atom. The van der Waals surface area contributed by atoms with E-state index in [1.165, 1.54) is 5.56 Å². The Morgan fingerprint density at radius 3 is 3.05 bits per heavy atom. The summed E-state index contributed by atoms with van der Waals surface area (Å²) in [5.41, 5.74) is 0.924. The Labute approximate surface area is 123 Å². The zero-order chi connectivity index (χ0) is 14.0. The molecule has 1 aromatic heterocycles. The van der Waals surface area contributed by atoms with Crippen LogP contribution in [0.5, 0.6) is 0 Å². The third-order valence-corrected chi connectivity index (χ3v) is 5.16. The van der Waals surface area contributed by atoms with Gasteiger partial charge in [-0.05, 0) is 35.2 Å². The second-order valence-corrected chi connectivity index (χ2v) is 6.51. The summed E-state index contributed by atoms with van der Waals surface area (Å²) in [6.07, 6.45) is 3.08. The van der Waals surface area contributed by atoms with Gasteiger partial charge in [0.25, 0.3) is 0 Å². The fourth-order valence-corrected chi connectivity index (χ4v) is 3.83. The first-order chi connectivity index (χ1) is 9.75. The van der Waals surface area contributed by atoms with Crippen LogP contribution < -0.4 is 0 Å². The highest BCUT2D eigenvalue weighted by Crippen LogP contribution is 2.43. The molecule has 0 bridgehead atoms. The number of hydrogen-bond donors (Lipinski definition) is 0. The van der Waals surface area contributed by atoms with E-state index in [4.69, 9.17) is 9.47 Å². The molecule has 1 atom stereocenters. The van der Waals surface area contributed by atoms with Crippen molar-refractivity contribution in [3.8, 4) is 0 Å². The van der Waals surface area contributed by atoms with Gasteiger partial charge in [-0.15, -0.1) is 0 Å². The van der Waals surface area contributed by atoms with Gasteiger partial charge in [-0.25, -0.2) is 0 Å². The van der Waals surface area contributed by atoms with Gasteiger partial charge in [0.1, 0.15) is 6.10 Å². The highest BCUT2D eigenvalue weighted by Gasteiger charge is 2.47. The molecule has 2 aliphatic rings. The summed E-state index contributed by atoms with van der Waals surface area (Å²) in [7, 11) is 1.68. The van der Waals surface area contributed by atoms with E-state index in [-0.39, 0.29) is 17.4 Å². The molecular weight excluding hydrogens is 274 g/mol. The molecule has 1 saturated heterocycles. The van der Waals surface area contributed by atoms with Crippen LogP contribution in [0.2, 0.25) is 0 Å². The van der Waals surface area contributed by atoms with Gasteiger partial charge < -0.3 is 14.4 Å². The molecule has 1 amide bonds. The van der Waals surface area contributed by atoms with E-state index in [1.807, 2.05) is 4.90 Å². The first-order valence-corrected chi connectivity index (χ1v) is 8.11. The smallest absolute Gasteiger partial charge is 0.231 e. The number of methoxy groups -OCH3 is 1. The molecule has 0 N–H and O–H groups in total. The average Bonchev–Trinajstić information content (AvgIpc) is 2.96. The monoisotopic (exact) mass is 295 g/mol. The lowest BCUT2D eigenvalue weighted by atomic mass is 9.68. The molecule has 20 heavy (non-hydrogen) atoms. The summed E-state index contributed by atoms with van der Waals surface area (Å²) < 4.78 is 11.1. The molecular formula is C15H21NO3S. The molecule has 1 unspecified atom stereocenters. The van der Waals surface area contributed by atoms with E-state index in [9.17, 15) is 4.79 Å². The van der Waals surface area contributed by atoms with Gasteiger partial charge in [-0.2, -0.15) is 11.3 Å². The zero-order valence-corrected chi connectivity index (χ0v) is 12.7. The number of carbonyl (C=O) groups excluding carboxylic acids is 1. The third kappa shape index (κ3) is 2.50. The quantitative estimate of drug-likeness (QED) is 0.856. The average molecular weight is 295 g/mol. The molecule has 2 heterocycles. The van der Waals surface area contributed by atoms with Gasteiger partial charge in [0, 0.05) is 13.7 Å². The molecule has 1 aromatic rings. The van der Waals surface area contributed by atoms with Gasteiger partial charge in [-0.3, -0.25) is 4.79 Å². The SMILES string of the molecule is COCC1(C(=O)N2CCOC(c3ccsc3)C2)CCC1. The lowest BCUT2D eigenvalue weighted by molar-refractivity contribution is -0.159. The lowest BCUT2D eigenvalue weighted by Crippen LogP contribution is -2.53. The zero-order valence-electron chi connectivity index (χ0n) is 11.8. The molecule has 110 valence electrons. The Morgan fingerprint density at radius 2 is 2.45 bits per heavy atom. The van der Waals surface area contributed by atoms with Crippen molar-refractivity contribution in [3.63, 3.8) is 0 Å². The molecule has 1 saturated carbocycles. The molecule has 5 heteroatoms. The summed E-state index contributed by atoms with van der Waals surface area (Å²) in [6, 6.07) is 2.08. The summed E-state index contributed by atoms with van der Waals surface area (Å²) in [6.45, 7) is 2.54. The fourth-order valence-electron chi connectivity index (χ4n) is 3.13. The Balaban J connectivity index is 1.69. The van der Waals surface area contributed by atoms with Crippen LogP contribution in [0.3, 0.4) is 0 Å². The number of thiophene rings is 1. The van der Waals surface area contributed by atoms with Gasteiger partial charge in [-0.1, -0.05) is 6.42 Å². The number of nitrogens with zero attached hydrogens (tertiary/aromatic N) is 1. The molecule has 3 rings (SSSR count). The third-order valence-electron chi connectivity index (χ3n) is 4.45. The van der Waals surface area contributed by atoms with Crippen molar-refractivity contribution in [2.75, 3.05) is 33.4 Å². The minimum atomic E-state index is -0.259. The maximum absolute atomic E-state index is 12.8. The molecule has 0 radical (unpaired) electrons. The number of morpholine rings is 1. The maximum atomic E-state index is 12.8. The first-order valence-electron chi connectivity index (χ1n) is 7.17. The minimum Gasteiger partial charge on any atom is -0.384 e. The van der Waals surface area contributed by atoms with Crippen LogP contribution in [0.1, 0.15) is 30.9 Å². The molecule has 1 aliphatic heterocycles. The van der Waals surface area contributed by atoms with Crippen molar-refractivity contribution in [2.24, 2.45) is 5.41 Å². The number of ether oxygens (including phenoxy) is 2. The predicted molar refractivity (Wildman–Crippen MR) is 77.8 cm³/mol. The van der Waals surface area contributed by atoms with Crippen LogP contribution in [0.25, 0.3) is 0 Å². The van der Waals surface area contributed by atoms with Crippen LogP contribution in [0, 0.1) is 5.41 Å². The predicted octanol–water partition coefficient (Wildman–Crippen LogP) is 2.46. The maximum Gasteiger partial charge on any atom is 0.231 e. The van der Waals surface area contributed by atoms with E-state index in [0.29, 0.717) is 26.3 Å². The van der Waals surface area contributed by atoms with Gasteiger partial charge in [0.2, 0.25) is 5.91 Å². The summed E-state index contributed by atoms with van der Waals surface area (Å²) >= 11 is 1.67.